The Kier molecular flexibility index (Phi) is 5.08. The lowest BCUT2D eigenvalue weighted by atomic mass is 10.1. The first-order valence-electron chi connectivity index (χ1n) is 5.75. The van der Waals surface area contributed by atoms with Crippen molar-refractivity contribution in [3.05, 3.63) is 28.4 Å². The van der Waals surface area contributed by atoms with E-state index in [9.17, 15) is 4.79 Å². The van der Waals surface area contributed by atoms with Crippen LogP contribution in [0.5, 0.6) is 0 Å². The molecule has 15 heavy (non-hydrogen) atoms. The summed E-state index contributed by atoms with van der Waals surface area (Å²) in [5, 5.41) is 0. The molecule has 0 fully saturated rings. The van der Waals surface area contributed by atoms with E-state index in [1.807, 2.05) is 0 Å². The molecule has 0 aromatic carbocycles. The van der Waals surface area contributed by atoms with Crippen LogP contribution < -0.4 is 5.56 Å². The maximum Gasteiger partial charge on any atom is 0.256 e. The van der Waals surface area contributed by atoms with Gasteiger partial charge in [0.05, 0.1) is 6.33 Å². The van der Waals surface area contributed by atoms with Crippen LogP contribution in [0.15, 0.2) is 17.3 Å². The summed E-state index contributed by atoms with van der Waals surface area (Å²) < 4.78 is 1.54. The minimum atomic E-state index is 0.0977. The molecule has 1 heterocycles. The predicted molar refractivity (Wildman–Crippen MR) is 61.9 cm³/mol. The summed E-state index contributed by atoms with van der Waals surface area (Å²) in [7, 11) is 1.75. The highest BCUT2D eigenvalue weighted by atomic mass is 16.1. The van der Waals surface area contributed by atoms with Gasteiger partial charge < -0.3 is 4.57 Å². The van der Waals surface area contributed by atoms with E-state index in [4.69, 9.17) is 0 Å². The molecule has 0 saturated carbocycles. The van der Waals surface area contributed by atoms with Crippen molar-refractivity contribution in [2.45, 2.75) is 45.4 Å². The number of aromatic nitrogens is 2. The van der Waals surface area contributed by atoms with Gasteiger partial charge in [0.25, 0.3) is 5.56 Å². The molecule has 3 heteroatoms. The Labute approximate surface area is 91.2 Å². The van der Waals surface area contributed by atoms with Gasteiger partial charge in [-0.1, -0.05) is 32.6 Å². The third kappa shape index (κ3) is 3.86. The standard InChI is InChI=1S/C12H20N2O/c1-3-4-5-6-7-8-11-9-13-10-14(2)12(11)15/h9-10H,3-8H2,1-2H3. The smallest absolute Gasteiger partial charge is 0.256 e. The summed E-state index contributed by atoms with van der Waals surface area (Å²) in [6.07, 6.45) is 10.3. The number of aryl methyl sites for hydroxylation is 2. The minimum absolute atomic E-state index is 0.0977. The average Bonchev–Trinajstić information content (AvgIpc) is 2.24. The molecular formula is C12H20N2O. The van der Waals surface area contributed by atoms with Crippen molar-refractivity contribution >= 4 is 0 Å². The van der Waals surface area contributed by atoms with Crippen LogP contribution in [0.4, 0.5) is 0 Å². The van der Waals surface area contributed by atoms with Crippen LogP contribution in [-0.2, 0) is 13.5 Å². The Morgan fingerprint density at radius 3 is 2.73 bits per heavy atom. The number of unbranched alkanes of at least 4 members (excludes halogenated alkanes) is 4. The molecule has 0 radical (unpaired) electrons. The van der Waals surface area contributed by atoms with E-state index in [1.165, 1.54) is 25.7 Å². The zero-order valence-corrected chi connectivity index (χ0v) is 9.70. The number of hydrogen-bond acceptors (Lipinski definition) is 2. The van der Waals surface area contributed by atoms with Gasteiger partial charge in [0.1, 0.15) is 0 Å². The highest BCUT2D eigenvalue weighted by Crippen LogP contribution is 2.05. The fourth-order valence-electron chi connectivity index (χ4n) is 1.65. The van der Waals surface area contributed by atoms with Gasteiger partial charge in [0.15, 0.2) is 0 Å². The van der Waals surface area contributed by atoms with Gasteiger partial charge in [-0.2, -0.15) is 0 Å². The van der Waals surface area contributed by atoms with E-state index in [1.54, 1.807) is 24.1 Å². The molecule has 0 unspecified atom stereocenters. The maximum atomic E-state index is 11.6. The average molecular weight is 208 g/mol. The molecule has 0 aliphatic carbocycles. The van der Waals surface area contributed by atoms with Crippen LogP contribution in [0, 0.1) is 0 Å². The lowest BCUT2D eigenvalue weighted by Gasteiger charge is -2.02. The molecule has 0 N–H and O–H groups in total. The molecular weight excluding hydrogens is 188 g/mol. The second-order valence-electron chi connectivity index (χ2n) is 4.00. The Balaban J connectivity index is 2.38. The van der Waals surface area contributed by atoms with Crippen molar-refractivity contribution in [3.8, 4) is 0 Å². The van der Waals surface area contributed by atoms with Gasteiger partial charge >= 0.3 is 0 Å². The second-order valence-corrected chi connectivity index (χ2v) is 4.00. The Bertz CT molecular complexity index is 344. The van der Waals surface area contributed by atoms with Crippen LogP contribution >= 0.6 is 0 Å². The van der Waals surface area contributed by atoms with Crippen molar-refractivity contribution < 1.29 is 0 Å². The summed E-state index contributed by atoms with van der Waals surface area (Å²) in [5.41, 5.74) is 0.942. The molecule has 1 aromatic rings. The molecule has 0 amide bonds. The Morgan fingerprint density at radius 1 is 1.27 bits per heavy atom. The number of hydrogen-bond donors (Lipinski definition) is 0. The number of rotatable bonds is 6. The van der Waals surface area contributed by atoms with Crippen molar-refractivity contribution in [2.75, 3.05) is 0 Å². The van der Waals surface area contributed by atoms with Crippen molar-refractivity contribution in [3.63, 3.8) is 0 Å². The molecule has 0 bridgehead atoms. The van der Waals surface area contributed by atoms with Crippen LogP contribution in [0.3, 0.4) is 0 Å². The molecule has 0 saturated heterocycles. The maximum absolute atomic E-state index is 11.6. The Hall–Kier alpha value is -1.12. The molecule has 1 rings (SSSR count). The van der Waals surface area contributed by atoms with Gasteiger partial charge in [0, 0.05) is 18.8 Å². The summed E-state index contributed by atoms with van der Waals surface area (Å²) in [4.78, 5) is 15.6. The molecule has 0 spiro atoms. The van der Waals surface area contributed by atoms with Crippen LogP contribution in [0.2, 0.25) is 0 Å². The Morgan fingerprint density at radius 2 is 2.00 bits per heavy atom. The summed E-state index contributed by atoms with van der Waals surface area (Å²) >= 11 is 0. The van der Waals surface area contributed by atoms with E-state index < -0.39 is 0 Å². The highest BCUT2D eigenvalue weighted by molar-refractivity contribution is 5.04. The van der Waals surface area contributed by atoms with Crippen molar-refractivity contribution in [2.24, 2.45) is 7.05 Å². The first-order chi connectivity index (χ1) is 7.25. The third-order valence-electron chi connectivity index (χ3n) is 2.61. The lowest BCUT2D eigenvalue weighted by molar-refractivity contribution is 0.627. The van der Waals surface area contributed by atoms with Gasteiger partial charge in [-0.3, -0.25) is 4.79 Å². The number of nitrogens with zero attached hydrogens (tertiary/aromatic N) is 2. The monoisotopic (exact) mass is 208 g/mol. The van der Waals surface area contributed by atoms with Crippen LogP contribution in [0.1, 0.15) is 44.6 Å². The quantitative estimate of drug-likeness (QED) is 0.672. The van der Waals surface area contributed by atoms with Crippen molar-refractivity contribution in [1.82, 2.24) is 9.55 Å². The fourth-order valence-corrected chi connectivity index (χ4v) is 1.65. The van der Waals surface area contributed by atoms with E-state index >= 15 is 0 Å². The van der Waals surface area contributed by atoms with E-state index in [0.29, 0.717) is 0 Å². The topological polar surface area (TPSA) is 34.9 Å². The largest absolute Gasteiger partial charge is 0.302 e. The third-order valence-corrected chi connectivity index (χ3v) is 2.61. The molecule has 0 atom stereocenters. The predicted octanol–water partition coefficient (Wildman–Crippen LogP) is 2.29. The fraction of sp³-hybridized carbons (Fsp3) is 0.667. The normalized spacial score (nSPS) is 10.5. The van der Waals surface area contributed by atoms with Crippen LogP contribution in [-0.4, -0.2) is 9.55 Å². The van der Waals surface area contributed by atoms with E-state index in [2.05, 4.69) is 11.9 Å². The van der Waals surface area contributed by atoms with Gasteiger partial charge in [-0.05, 0) is 12.8 Å². The zero-order valence-electron chi connectivity index (χ0n) is 9.70. The van der Waals surface area contributed by atoms with Gasteiger partial charge in [-0.15, -0.1) is 0 Å². The van der Waals surface area contributed by atoms with Crippen LogP contribution in [0.25, 0.3) is 0 Å². The minimum Gasteiger partial charge on any atom is -0.302 e. The summed E-state index contributed by atoms with van der Waals surface area (Å²) in [6.45, 7) is 2.21. The SMILES string of the molecule is CCCCCCCc1cncn(C)c1=O. The molecule has 1 aromatic heterocycles. The van der Waals surface area contributed by atoms with E-state index in [-0.39, 0.29) is 5.56 Å². The van der Waals surface area contributed by atoms with E-state index in [0.717, 1.165) is 18.4 Å². The molecule has 3 nitrogen and oxygen atoms in total. The summed E-state index contributed by atoms with van der Waals surface area (Å²) in [5.74, 6) is 0. The first-order valence-corrected chi connectivity index (χ1v) is 5.75. The van der Waals surface area contributed by atoms with Gasteiger partial charge in [-0.25, -0.2) is 4.98 Å². The zero-order chi connectivity index (χ0) is 11.1. The second kappa shape index (κ2) is 6.38. The highest BCUT2D eigenvalue weighted by Gasteiger charge is 2.00. The first kappa shape index (κ1) is 12.0. The lowest BCUT2D eigenvalue weighted by Crippen LogP contribution is -2.20. The molecule has 0 aliphatic heterocycles. The summed E-state index contributed by atoms with van der Waals surface area (Å²) in [6, 6.07) is 0. The van der Waals surface area contributed by atoms with Gasteiger partial charge in [0.2, 0.25) is 0 Å². The molecule has 84 valence electrons. The molecule has 0 aliphatic rings. The van der Waals surface area contributed by atoms with Crippen molar-refractivity contribution in [1.29, 1.82) is 0 Å².